The molecular formula is C12H24N2O2S. The van der Waals surface area contributed by atoms with Crippen LogP contribution < -0.4 is 5.32 Å². The summed E-state index contributed by atoms with van der Waals surface area (Å²) in [6.07, 6.45) is 4.22. The molecule has 0 aromatic rings. The van der Waals surface area contributed by atoms with Gasteiger partial charge in [0.05, 0.1) is 11.5 Å². The van der Waals surface area contributed by atoms with Gasteiger partial charge in [0.25, 0.3) is 0 Å². The fourth-order valence-electron chi connectivity index (χ4n) is 2.95. The molecule has 0 radical (unpaired) electrons. The third-order valence-corrected chi connectivity index (χ3v) is 5.81. The molecule has 2 aliphatic rings. The minimum absolute atomic E-state index is 0.380. The summed E-state index contributed by atoms with van der Waals surface area (Å²) in [5.74, 6) is 1.50. The Morgan fingerprint density at radius 3 is 2.53 bits per heavy atom. The quantitative estimate of drug-likeness (QED) is 0.802. The van der Waals surface area contributed by atoms with Gasteiger partial charge in [-0.2, -0.15) is 0 Å². The Morgan fingerprint density at radius 1 is 1.24 bits per heavy atom. The Kier molecular flexibility index (Phi) is 4.44. The van der Waals surface area contributed by atoms with Crippen molar-refractivity contribution in [3.63, 3.8) is 0 Å². The second-order valence-electron chi connectivity index (χ2n) is 5.53. The highest BCUT2D eigenvalue weighted by atomic mass is 32.2. The maximum Gasteiger partial charge on any atom is 0.150 e. The van der Waals surface area contributed by atoms with Crippen LogP contribution in [0.3, 0.4) is 0 Å². The van der Waals surface area contributed by atoms with Crippen molar-refractivity contribution >= 4 is 9.84 Å². The zero-order valence-corrected chi connectivity index (χ0v) is 11.5. The van der Waals surface area contributed by atoms with E-state index in [9.17, 15) is 8.42 Å². The van der Waals surface area contributed by atoms with Gasteiger partial charge in [-0.25, -0.2) is 8.42 Å². The van der Waals surface area contributed by atoms with Crippen molar-refractivity contribution in [3.8, 4) is 0 Å². The van der Waals surface area contributed by atoms with Crippen LogP contribution in [0.5, 0.6) is 0 Å². The molecule has 0 aliphatic carbocycles. The molecule has 2 fully saturated rings. The van der Waals surface area contributed by atoms with Crippen molar-refractivity contribution in [2.24, 2.45) is 5.92 Å². The van der Waals surface area contributed by atoms with Gasteiger partial charge in [-0.15, -0.1) is 0 Å². The first-order valence-electron chi connectivity index (χ1n) is 6.68. The van der Waals surface area contributed by atoms with E-state index >= 15 is 0 Å². The fourth-order valence-corrected chi connectivity index (χ4v) is 4.42. The van der Waals surface area contributed by atoms with Crippen LogP contribution >= 0.6 is 0 Å². The van der Waals surface area contributed by atoms with E-state index in [-0.39, 0.29) is 0 Å². The standard InChI is InChI=1S/C12H24N2O2S/c1-14(10-11-3-2-6-13-9-11)12-4-7-17(15,16)8-5-12/h11-13H,2-10H2,1H3. The molecule has 17 heavy (non-hydrogen) atoms. The number of nitrogens with one attached hydrogen (secondary N) is 1. The summed E-state index contributed by atoms with van der Waals surface area (Å²) in [6, 6.07) is 0.473. The van der Waals surface area contributed by atoms with E-state index in [2.05, 4.69) is 17.3 Å². The molecule has 2 rings (SSSR count). The summed E-state index contributed by atoms with van der Waals surface area (Å²) in [5.41, 5.74) is 0. The summed E-state index contributed by atoms with van der Waals surface area (Å²) < 4.78 is 22.8. The monoisotopic (exact) mass is 260 g/mol. The van der Waals surface area contributed by atoms with Crippen LogP contribution in [0.25, 0.3) is 0 Å². The lowest BCUT2D eigenvalue weighted by molar-refractivity contribution is 0.178. The van der Waals surface area contributed by atoms with Crippen molar-refractivity contribution in [2.75, 3.05) is 38.2 Å². The van der Waals surface area contributed by atoms with Gasteiger partial charge in [-0.05, 0) is 51.7 Å². The van der Waals surface area contributed by atoms with E-state index < -0.39 is 9.84 Å². The van der Waals surface area contributed by atoms with E-state index in [0.717, 1.165) is 38.4 Å². The minimum Gasteiger partial charge on any atom is -0.316 e. The molecule has 1 unspecified atom stereocenters. The first-order chi connectivity index (χ1) is 8.07. The summed E-state index contributed by atoms with van der Waals surface area (Å²) in [7, 11) is -0.571. The number of hydrogen-bond acceptors (Lipinski definition) is 4. The van der Waals surface area contributed by atoms with E-state index in [1.165, 1.54) is 12.8 Å². The fraction of sp³-hybridized carbons (Fsp3) is 1.00. The number of hydrogen-bond donors (Lipinski definition) is 1. The lowest BCUT2D eigenvalue weighted by Crippen LogP contribution is -2.44. The van der Waals surface area contributed by atoms with Crippen LogP contribution in [-0.4, -0.2) is 57.5 Å². The van der Waals surface area contributed by atoms with Crippen LogP contribution in [-0.2, 0) is 9.84 Å². The topological polar surface area (TPSA) is 49.4 Å². The molecule has 1 N–H and O–H groups in total. The van der Waals surface area contributed by atoms with Crippen molar-refractivity contribution in [1.82, 2.24) is 10.2 Å². The molecular weight excluding hydrogens is 236 g/mol. The Bertz CT molecular complexity index is 322. The molecule has 2 heterocycles. The molecule has 0 saturated carbocycles. The average molecular weight is 260 g/mol. The van der Waals surface area contributed by atoms with Crippen LogP contribution in [0.15, 0.2) is 0 Å². The highest BCUT2D eigenvalue weighted by Gasteiger charge is 2.27. The summed E-state index contributed by atoms with van der Waals surface area (Å²) >= 11 is 0. The van der Waals surface area contributed by atoms with Gasteiger partial charge in [0.15, 0.2) is 0 Å². The van der Waals surface area contributed by atoms with Gasteiger partial charge in [-0.3, -0.25) is 0 Å². The van der Waals surface area contributed by atoms with Crippen LogP contribution in [0.4, 0.5) is 0 Å². The Hall–Kier alpha value is -0.130. The maximum absolute atomic E-state index is 11.4. The SMILES string of the molecule is CN(CC1CCCNC1)C1CCS(=O)(=O)CC1. The number of sulfone groups is 1. The minimum atomic E-state index is -2.72. The molecule has 5 heteroatoms. The molecule has 0 bridgehead atoms. The number of nitrogens with zero attached hydrogens (tertiary/aromatic N) is 1. The second-order valence-corrected chi connectivity index (χ2v) is 7.84. The molecule has 0 aromatic heterocycles. The van der Waals surface area contributed by atoms with Gasteiger partial charge in [0.2, 0.25) is 0 Å². The highest BCUT2D eigenvalue weighted by molar-refractivity contribution is 7.91. The zero-order valence-electron chi connectivity index (χ0n) is 10.7. The van der Waals surface area contributed by atoms with Gasteiger partial charge < -0.3 is 10.2 Å². The van der Waals surface area contributed by atoms with Crippen molar-refractivity contribution in [3.05, 3.63) is 0 Å². The zero-order chi connectivity index (χ0) is 12.3. The van der Waals surface area contributed by atoms with E-state index in [0.29, 0.717) is 17.5 Å². The van der Waals surface area contributed by atoms with Gasteiger partial charge in [0, 0.05) is 12.6 Å². The third kappa shape index (κ3) is 3.93. The lowest BCUT2D eigenvalue weighted by atomic mass is 9.98. The normalized spacial score (nSPS) is 30.6. The van der Waals surface area contributed by atoms with Gasteiger partial charge >= 0.3 is 0 Å². The van der Waals surface area contributed by atoms with Crippen molar-refractivity contribution in [1.29, 1.82) is 0 Å². The van der Waals surface area contributed by atoms with Crippen LogP contribution in [0.1, 0.15) is 25.7 Å². The highest BCUT2D eigenvalue weighted by Crippen LogP contribution is 2.19. The van der Waals surface area contributed by atoms with Crippen molar-refractivity contribution in [2.45, 2.75) is 31.7 Å². The van der Waals surface area contributed by atoms with E-state index in [1.807, 2.05) is 0 Å². The Labute approximate surface area is 105 Å². The largest absolute Gasteiger partial charge is 0.316 e. The molecule has 0 aromatic carbocycles. The first kappa shape index (κ1) is 13.3. The Morgan fingerprint density at radius 2 is 1.94 bits per heavy atom. The molecule has 100 valence electrons. The molecule has 4 nitrogen and oxygen atoms in total. The van der Waals surface area contributed by atoms with E-state index in [4.69, 9.17) is 0 Å². The van der Waals surface area contributed by atoms with Gasteiger partial charge in [-0.1, -0.05) is 0 Å². The summed E-state index contributed by atoms with van der Waals surface area (Å²) in [6.45, 7) is 3.38. The molecule has 2 aliphatic heterocycles. The van der Waals surface area contributed by atoms with E-state index in [1.54, 1.807) is 0 Å². The van der Waals surface area contributed by atoms with Crippen molar-refractivity contribution < 1.29 is 8.42 Å². The predicted molar refractivity (Wildman–Crippen MR) is 69.9 cm³/mol. The smallest absolute Gasteiger partial charge is 0.150 e. The Balaban J connectivity index is 1.78. The second kappa shape index (κ2) is 5.67. The molecule has 1 atom stereocenters. The average Bonchev–Trinajstić information content (AvgIpc) is 2.30. The molecule has 2 saturated heterocycles. The maximum atomic E-state index is 11.4. The molecule has 0 spiro atoms. The van der Waals surface area contributed by atoms with Crippen LogP contribution in [0, 0.1) is 5.92 Å². The summed E-state index contributed by atoms with van der Waals surface area (Å²) in [5, 5.41) is 3.43. The number of piperidine rings is 1. The first-order valence-corrected chi connectivity index (χ1v) is 8.50. The summed E-state index contributed by atoms with van der Waals surface area (Å²) in [4.78, 5) is 2.38. The number of rotatable bonds is 3. The third-order valence-electron chi connectivity index (χ3n) is 4.09. The molecule has 0 amide bonds. The lowest BCUT2D eigenvalue weighted by Gasteiger charge is -2.34. The van der Waals surface area contributed by atoms with Crippen LogP contribution in [0.2, 0.25) is 0 Å². The van der Waals surface area contributed by atoms with Gasteiger partial charge in [0.1, 0.15) is 9.84 Å². The predicted octanol–water partition coefficient (Wildman–Crippen LogP) is 0.495.